The van der Waals surface area contributed by atoms with Crippen LogP contribution in [0.5, 0.6) is 0 Å². The third kappa shape index (κ3) is 5.20. The van der Waals surface area contributed by atoms with E-state index in [0.29, 0.717) is 25.0 Å². The van der Waals surface area contributed by atoms with Gasteiger partial charge in [0.25, 0.3) is 0 Å². The van der Waals surface area contributed by atoms with Gasteiger partial charge in [0, 0.05) is 12.1 Å². The second-order valence-corrected chi connectivity index (χ2v) is 4.53. The fraction of sp³-hybridized carbons (Fsp3) is 0.750. The van der Waals surface area contributed by atoms with Gasteiger partial charge in [-0.3, -0.25) is 4.79 Å². The van der Waals surface area contributed by atoms with Gasteiger partial charge in [-0.25, -0.2) is 0 Å². The Morgan fingerprint density at radius 1 is 1.42 bits per heavy atom. The topological polar surface area (TPSA) is 50.4 Å². The third-order valence-corrected chi connectivity index (χ3v) is 2.96. The number of halogens is 3. The van der Waals surface area contributed by atoms with Gasteiger partial charge in [-0.1, -0.05) is 6.58 Å². The number of ether oxygens (including phenoxy) is 1. The summed E-state index contributed by atoms with van der Waals surface area (Å²) in [7, 11) is 1.76. The maximum absolute atomic E-state index is 12.4. The molecule has 0 aromatic rings. The number of hydrogen-bond acceptors (Lipinski definition) is 3. The van der Waals surface area contributed by atoms with Crippen molar-refractivity contribution in [2.75, 3.05) is 20.1 Å². The van der Waals surface area contributed by atoms with Crippen molar-refractivity contribution in [2.24, 2.45) is 0 Å². The van der Waals surface area contributed by atoms with Crippen LogP contribution in [0.15, 0.2) is 12.2 Å². The molecule has 0 saturated carbocycles. The summed E-state index contributed by atoms with van der Waals surface area (Å²) in [5.74, 6) is -0.339. The van der Waals surface area contributed by atoms with Gasteiger partial charge in [-0.2, -0.15) is 13.2 Å². The summed E-state index contributed by atoms with van der Waals surface area (Å²) in [4.78, 5) is 11.6. The van der Waals surface area contributed by atoms with Crippen LogP contribution in [-0.4, -0.2) is 44.4 Å². The molecule has 0 spiro atoms. The summed E-state index contributed by atoms with van der Waals surface area (Å²) >= 11 is 0. The van der Waals surface area contributed by atoms with E-state index in [9.17, 15) is 18.0 Å². The van der Waals surface area contributed by atoms with Gasteiger partial charge in [0.05, 0.1) is 6.10 Å². The number of nitrogens with one attached hydrogen (secondary N) is 2. The number of rotatable bonds is 6. The van der Waals surface area contributed by atoms with Crippen molar-refractivity contribution in [1.82, 2.24) is 10.6 Å². The molecule has 1 saturated heterocycles. The van der Waals surface area contributed by atoms with Crippen molar-refractivity contribution in [3.05, 3.63) is 12.2 Å². The van der Waals surface area contributed by atoms with Crippen molar-refractivity contribution in [3.63, 3.8) is 0 Å². The fourth-order valence-corrected chi connectivity index (χ4v) is 1.82. The fourth-order valence-electron chi connectivity index (χ4n) is 1.82. The quantitative estimate of drug-likeness (QED) is 0.723. The van der Waals surface area contributed by atoms with E-state index in [0.717, 1.165) is 0 Å². The average Bonchev–Trinajstić information content (AvgIpc) is 2.81. The Bertz CT molecular complexity index is 331. The lowest BCUT2D eigenvalue weighted by Crippen LogP contribution is -2.35. The molecule has 1 heterocycles. The minimum absolute atomic E-state index is 0.0509. The van der Waals surface area contributed by atoms with Crippen molar-refractivity contribution >= 4 is 5.91 Å². The Labute approximate surface area is 110 Å². The number of carbonyl (C=O) groups is 1. The van der Waals surface area contributed by atoms with Crippen LogP contribution in [0.3, 0.4) is 0 Å². The van der Waals surface area contributed by atoms with Gasteiger partial charge in [0.1, 0.15) is 0 Å². The highest BCUT2D eigenvalue weighted by molar-refractivity contribution is 5.92. The van der Waals surface area contributed by atoms with Crippen LogP contribution in [-0.2, 0) is 9.53 Å². The standard InChI is InChI=1S/C12H19F3N2O2/c1-8(5-6-16-2)11(18)17-7-9-3-4-10(19-9)12(13,14)15/h9-10,16H,1,3-7H2,2H3,(H,17,18). The van der Waals surface area contributed by atoms with E-state index in [2.05, 4.69) is 17.2 Å². The highest BCUT2D eigenvalue weighted by Gasteiger charge is 2.45. The summed E-state index contributed by atoms with van der Waals surface area (Å²) in [5.41, 5.74) is 0.403. The second-order valence-electron chi connectivity index (χ2n) is 4.53. The molecule has 1 aliphatic heterocycles. The average molecular weight is 280 g/mol. The predicted molar refractivity (Wildman–Crippen MR) is 64.6 cm³/mol. The van der Waals surface area contributed by atoms with E-state index < -0.39 is 18.4 Å². The van der Waals surface area contributed by atoms with E-state index in [4.69, 9.17) is 4.74 Å². The zero-order valence-electron chi connectivity index (χ0n) is 10.8. The van der Waals surface area contributed by atoms with E-state index in [1.807, 2.05) is 0 Å². The van der Waals surface area contributed by atoms with E-state index in [-0.39, 0.29) is 18.9 Å². The molecule has 0 bridgehead atoms. The van der Waals surface area contributed by atoms with Crippen molar-refractivity contribution < 1.29 is 22.7 Å². The van der Waals surface area contributed by atoms with Crippen LogP contribution in [0.2, 0.25) is 0 Å². The zero-order chi connectivity index (χ0) is 14.5. The van der Waals surface area contributed by atoms with Crippen LogP contribution in [0.4, 0.5) is 13.2 Å². The summed E-state index contributed by atoms with van der Waals surface area (Å²) < 4.78 is 42.0. The van der Waals surface area contributed by atoms with Gasteiger partial charge < -0.3 is 15.4 Å². The lowest BCUT2D eigenvalue weighted by Gasteiger charge is -2.17. The Hall–Kier alpha value is -1.08. The molecule has 2 N–H and O–H groups in total. The zero-order valence-corrected chi connectivity index (χ0v) is 10.8. The van der Waals surface area contributed by atoms with E-state index in [1.54, 1.807) is 7.05 Å². The highest BCUT2D eigenvalue weighted by atomic mass is 19.4. The predicted octanol–water partition coefficient (Wildman–Crippen LogP) is 1.38. The molecule has 1 fully saturated rings. The number of alkyl halides is 3. The maximum Gasteiger partial charge on any atom is 0.414 e. The minimum atomic E-state index is -4.32. The molecule has 4 nitrogen and oxygen atoms in total. The lowest BCUT2D eigenvalue weighted by atomic mass is 10.1. The molecule has 110 valence electrons. The molecule has 0 aromatic carbocycles. The monoisotopic (exact) mass is 280 g/mol. The molecule has 2 unspecified atom stereocenters. The molecule has 0 aliphatic carbocycles. The van der Waals surface area contributed by atoms with Gasteiger partial charge in [-0.05, 0) is 32.9 Å². The third-order valence-electron chi connectivity index (χ3n) is 2.96. The summed E-state index contributed by atoms with van der Waals surface area (Å²) in [6.45, 7) is 4.33. The summed E-state index contributed by atoms with van der Waals surface area (Å²) in [6.07, 6.45) is -5.86. The Kier molecular flexibility index (Phi) is 5.81. The minimum Gasteiger partial charge on any atom is -0.364 e. The van der Waals surface area contributed by atoms with Crippen LogP contribution >= 0.6 is 0 Å². The number of amides is 1. The molecule has 1 aliphatic rings. The van der Waals surface area contributed by atoms with Gasteiger partial charge >= 0.3 is 6.18 Å². The van der Waals surface area contributed by atoms with Crippen LogP contribution in [0.1, 0.15) is 19.3 Å². The molecule has 0 aromatic heterocycles. The SMILES string of the molecule is C=C(CCNC)C(=O)NCC1CCC(C(F)(F)F)O1. The number of hydrogen-bond donors (Lipinski definition) is 2. The second kappa shape index (κ2) is 6.91. The summed E-state index contributed by atoms with van der Waals surface area (Å²) in [6, 6.07) is 0. The molecular weight excluding hydrogens is 261 g/mol. The van der Waals surface area contributed by atoms with Crippen molar-refractivity contribution in [2.45, 2.75) is 37.6 Å². The van der Waals surface area contributed by atoms with Crippen LogP contribution < -0.4 is 10.6 Å². The molecular formula is C12H19F3N2O2. The first kappa shape index (κ1) is 16.0. The van der Waals surface area contributed by atoms with Crippen molar-refractivity contribution in [1.29, 1.82) is 0 Å². The van der Waals surface area contributed by atoms with Gasteiger partial charge in [0.15, 0.2) is 6.10 Å². The Balaban J connectivity index is 2.27. The smallest absolute Gasteiger partial charge is 0.364 e. The molecule has 1 amide bonds. The molecule has 7 heteroatoms. The van der Waals surface area contributed by atoms with Crippen molar-refractivity contribution in [3.8, 4) is 0 Å². The lowest BCUT2D eigenvalue weighted by molar-refractivity contribution is -0.214. The van der Waals surface area contributed by atoms with Gasteiger partial charge in [-0.15, -0.1) is 0 Å². The van der Waals surface area contributed by atoms with Gasteiger partial charge in [0.2, 0.25) is 5.91 Å². The first-order chi connectivity index (χ1) is 8.84. The van der Waals surface area contributed by atoms with E-state index in [1.165, 1.54) is 0 Å². The Morgan fingerprint density at radius 3 is 2.63 bits per heavy atom. The first-order valence-electron chi connectivity index (χ1n) is 6.17. The molecule has 0 radical (unpaired) electrons. The Morgan fingerprint density at radius 2 is 2.11 bits per heavy atom. The van der Waals surface area contributed by atoms with Crippen LogP contribution in [0.25, 0.3) is 0 Å². The first-order valence-corrected chi connectivity index (χ1v) is 6.17. The molecule has 2 atom stereocenters. The number of carbonyl (C=O) groups excluding carboxylic acids is 1. The summed E-state index contributed by atoms with van der Waals surface area (Å²) in [5, 5.41) is 5.43. The highest BCUT2D eigenvalue weighted by Crippen LogP contribution is 2.32. The normalized spacial score (nSPS) is 23.4. The largest absolute Gasteiger partial charge is 0.414 e. The maximum atomic E-state index is 12.4. The molecule has 1 rings (SSSR count). The van der Waals surface area contributed by atoms with E-state index >= 15 is 0 Å². The molecule has 19 heavy (non-hydrogen) atoms. The van der Waals surface area contributed by atoms with Crippen LogP contribution in [0, 0.1) is 0 Å².